The second-order valence-corrected chi connectivity index (χ2v) is 88.4. The summed E-state index contributed by atoms with van der Waals surface area (Å²) in [6.45, 7) is 81.2. The van der Waals surface area contributed by atoms with Crippen LogP contribution in [0.15, 0.2) is 30.3 Å². The van der Waals surface area contributed by atoms with E-state index in [-0.39, 0.29) is 11.0 Å². The minimum Gasteiger partial charge on any atom is -0.437 e. The zero-order valence-corrected chi connectivity index (χ0v) is 85.2. The van der Waals surface area contributed by atoms with Crippen molar-refractivity contribution in [3.63, 3.8) is 0 Å². The predicted octanol–water partition coefficient (Wildman–Crippen LogP) is 30.2. The van der Waals surface area contributed by atoms with Crippen LogP contribution in [0.4, 0.5) is 0 Å². The van der Waals surface area contributed by atoms with Gasteiger partial charge in [-0.3, -0.25) is 0 Å². The largest absolute Gasteiger partial charge is 0.505 e. The normalized spacial score (nSPS) is 14.2. The first kappa shape index (κ1) is 104. The Morgan fingerprint density at radius 2 is 0.657 bits per heavy atom. The smallest absolute Gasteiger partial charge is 0.437 e. The first-order valence-electron chi connectivity index (χ1n) is 41.6. The summed E-state index contributed by atoms with van der Waals surface area (Å²) in [6, 6.07) is 14.7. The van der Waals surface area contributed by atoms with Gasteiger partial charge in [0.1, 0.15) is 0 Å². The Morgan fingerprint density at radius 3 is 0.919 bits per heavy atom. The van der Waals surface area contributed by atoms with Crippen LogP contribution >= 0.6 is 0 Å². The van der Waals surface area contributed by atoms with Gasteiger partial charge in [-0.2, -0.15) is 0 Å². The predicted molar refractivity (Wildman–Crippen MR) is 477 cm³/mol. The summed E-state index contributed by atoms with van der Waals surface area (Å²) in [6.07, 6.45) is 45.3. The third kappa shape index (κ3) is 60.7. The van der Waals surface area contributed by atoms with Gasteiger partial charge in [0.2, 0.25) is 0 Å². The van der Waals surface area contributed by atoms with Gasteiger partial charge in [0.25, 0.3) is 8.68 Å². The molecule has 0 fully saturated rings. The molecule has 0 aliphatic rings. The van der Waals surface area contributed by atoms with Gasteiger partial charge in [-0.1, -0.05) is 324 Å². The molecule has 0 aromatic heterocycles. The molecule has 1 atom stereocenters. The lowest BCUT2D eigenvalue weighted by Gasteiger charge is -2.52. The molecule has 0 bridgehead atoms. The van der Waals surface area contributed by atoms with Gasteiger partial charge in [-0.25, -0.2) is 0 Å². The topological polar surface area (TPSA) is 72.5 Å². The van der Waals surface area contributed by atoms with E-state index in [0.29, 0.717) is 10.5 Å². The zero-order valence-electron chi connectivity index (χ0n) is 74.2. The Hall–Kier alpha value is 1.17. The van der Waals surface area contributed by atoms with Crippen LogP contribution in [0.1, 0.15) is 275 Å². The molecule has 0 radical (unpaired) electrons. The summed E-state index contributed by atoms with van der Waals surface area (Å²) in [4.78, 5) is 0. The van der Waals surface area contributed by atoms with Gasteiger partial charge < -0.3 is 29.5 Å². The number of hydrogen-bond donors (Lipinski definition) is 0. The molecule has 7 nitrogen and oxygen atoms in total. The van der Waals surface area contributed by atoms with E-state index >= 15 is 0 Å². The van der Waals surface area contributed by atoms with Gasteiger partial charge in [-0.15, -0.1) is 0 Å². The molecule has 99 heavy (non-hydrogen) atoms. The van der Waals surface area contributed by atoms with Crippen LogP contribution in [0.5, 0.6) is 0 Å². The first-order valence-corrected chi connectivity index (χ1v) is 75.3. The van der Waals surface area contributed by atoms with Crippen LogP contribution in [0.25, 0.3) is 0 Å². The fraction of sp³-hybridized carbons (Fsp3) is 0.926. The molecule has 0 amide bonds. The van der Waals surface area contributed by atoms with Crippen LogP contribution in [0, 0.1) is 10.8 Å². The molecule has 592 valence electrons. The van der Waals surface area contributed by atoms with Gasteiger partial charge in [0.15, 0.2) is 49.9 Å². The second-order valence-electron chi connectivity index (χ2n) is 41.1. The van der Waals surface area contributed by atoms with Crippen molar-refractivity contribution < 1.29 is 29.5 Å². The van der Waals surface area contributed by atoms with Gasteiger partial charge in [0.05, 0.1) is 13.7 Å². The second kappa shape index (κ2) is 50.1. The lowest BCUT2D eigenvalue weighted by atomic mass is 9.77. The van der Waals surface area contributed by atoms with Crippen molar-refractivity contribution in [2.45, 2.75) is 473 Å². The van der Waals surface area contributed by atoms with Crippen LogP contribution in [0.3, 0.4) is 0 Å². The molecule has 0 saturated heterocycles. The fourth-order valence-corrected chi connectivity index (χ4v) is 50.7. The molecule has 0 spiro atoms. The van der Waals surface area contributed by atoms with Crippen molar-refractivity contribution in [3.05, 3.63) is 30.3 Å². The van der Waals surface area contributed by atoms with Crippen molar-refractivity contribution in [2.24, 2.45) is 10.8 Å². The number of hydrogen-bond acceptors (Lipinski definition) is 7. The molecule has 0 N–H and O–H groups in total. The summed E-state index contributed by atoms with van der Waals surface area (Å²) in [7, 11) is -18.6. The summed E-state index contributed by atoms with van der Waals surface area (Å²) >= 11 is 0. The average molecular weight is 1580 g/mol. The minimum atomic E-state index is -2.89. The van der Waals surface area contributed by atoms with Crippen molar-refractivity contribution >= 4 is 97.3 Å². The maximum absolute atomic E-state index is 12.4. The van der Waals surface area contributed by atoms with Gasteiger partial charge in [-0.05, 0) is 185 Å². The van der Waals surface area contributed by atoms with E-state index in [0.717, 1.165) is 23.7 Å². The van der Waals surface area contributed by atoms with Crippen LogP contribution in [-0.4, -0.2) is 97.7 Å². The van der Waals surface area contributed by atoms with Crippen molar-refractivity contribution in [1.29, 1.82) is 0 Å². The van der Waals surface area contributed by atoms with E-state index in [9.17, 15) is 4.46 Å². The van der Waals surface area contributed by atoms with Crippen molar-refractivity contribution in [2.75, 3.05) is 0 Å². The summed E-state index contributed by atoms with van der Waals surface area (Å²) in [5.41, 5.74) is 0.612. The quantitative estimate of drug-likeness (QED) is 0.0475. The Balaban J connectivity index is -0.00000127. The van der Waals surface area contributed by atoms with E-state index in [2.05, 4.69) is 245 Å². The Labute approximate surface area is 636 Å². The third-order valence-corrected chi connectivity index (χ3v) is 49.4. The first-order chi connectivity index (χ1) is 44.8. The molecule has 1 aromatic rings. The van der Waals surface area contributed by atoms with Crippen molar-refractivity contribution in [3.8, 4) is 0 Å². The maximum Gasteiger partial charge on any atom is 0.505 e. The van der Waals surface area contributed by atoms with E-state index in [1.807, 2.05) is 18.2 Å². The maximum atomic E-state index is 12.4. The van der Waals surface area contributed by atoms with Crippen LogP contribution in [0.2, 0.25) is 193 Å². The molecule has 18 heteroatoms. The molecule has 1 unspecified atom stereocenters. The molecule has 0 heterocycles. The molecular formula is C81H182O7Si11. The number of rotatable bonds is 54. The Morgan fingerprint density at radius 1 is 0.364 bits per heavy atom. The lowest BCUT2D eigenvalue weighted by molar-refractivity contribution is 0.0546. The molecular weight excluding hydrogens is 1390 g/mol. The molecule has 0 aliphatic carbocycles. The molecule has 1 rings (SSSR count). The summed E-state index contributed by atoms with van der Waals surface area (Å²) in [5, 5.41) is 1.47. The standard InChI is InChI=1S/C27H58OSi2.C25H58O2Si3.C15H32O3Si4.C14H34OSi2/c1-9-11-12-13-14-15-16-17-18-19-20-21-22-23-24-27(5,30(6,7)8)26(3,4)25-29(28)10-2;1-9-10-11-12-13-14-15-16-17-18-19-20-21-22-23-24-25-30(8,26-28(2,3)4)27-29(5,6)7;1-19(2,3)16-22(17-20(4,5)6,18-21(7,8)9)15-13-11-10-12-14-15;1-13(2,12-16(5,6)7)11-14(3,4)15-17(8,9)10/h2*9-25H2,1-8H3;10-14H,1-9H3;11-12H2,1-10H3. The Kier molecular flexibility index (Phi) is 52.8. The zero-order chi connectivity index (χ0) is 77.4. The summed E-state index contributed by atoms with van der Waals surface area (Å²) < 4.78 is 52.0. The van der Waals surface area contributed by atoms with Gasteiger partial charge in [0, 0.05) is 13.3 Å². The minimum absolute atomic E-state index is 0.0215. The Bertz CT molecular complexity index is 2060. The third-order valence-electron chi connectivity index (χ3n) is 18.7. The highest BCUT2D eigenvalue weighted by molar-refractivity contribution is 6.95. The van der Waals surface area contributed by atoms with Crippen molar-refractivity contribution in [1.82, 2.24) is 0 Å². The van der Waals surface area contributed by atoms with Crippen LogP contribution in [-0.2, 0) is 29.5 Å². The molecule has 0 saturated carbocycles. The lowest BCUT2D eigenvalue weighted by Crippen LogP contribution is -2.67. The highest BCUT2D eigenvalue weighted by atomic mass is 28.5. The van der Waals surface area contributed by atoms with Crippen LogP contribution < -0.4 is 5.19 Å². The van der Waals surface area contributed by atoms with E-state index in [1.165, 1.54) is 211 Å². The average Bonchev–Trinajstić information content (AvgIpc) is 0.773. The van der Waals surface area contributed by atoms with E-state index in [1.54, 1.807) is 0 Å². The van der Waals surface area contributed by atoms with E-state index in [4.69, 9.17) is 25.0 Å². The number of unbranched alkanes of at least 4 members (excludes halogenated alkanes) is 28. The molecule has 0 aliphatic heterocycles. The monoisotopic (exact) mass is 1580 g/mol. The van der Waals surface area contributed by atoms with E-state index < -0.39 is 92.1 Å². The highest BCUT2D eigenvalue weighted by Crippen LogP contribution is 2.58. The highest BCUT2D eigenvalue weighted by Gasteiger charge is 2.53. The number of benzene rings is 1. The molecule has 1 aromatic carbocycles. The summed E-state index contributed by atoms with van der Waals surface area (Å²) in [5.74, 6) is 0. The van der Waals surface area contributed by atoms with Gasteiger partial charge >= 0.3 is 17.4 Å². The SMILES string of the molecule is CC(C)(CC(C)(C)O[Si](C)(C)C)C[Si](C)(C)C.CCCCCCCCCCCCCCCCC(C)(C(C)(C)C[Si](=O)CC)[Si](C)(C)C.CCCCCCCCCCCCCCCCCC[Si](C)(O[Si](C)(C)C)O[Si](C)(C)C.C[Si](C)(C)O[Si](O[Si](C)(C)C)(O[Si](C)(C)C)c1ccccc1. The fourth-order valence-electron chi connectivity index (χ4n) is 15.2.